The van der Waals surface area contributed by atoms with Crippen molar-refractivity contribution in [2.75, 3.05) is 7.11 Å². The summed E-state index contributed by atoms with van der Waals surface area (Å²) >= 11 is 0. The van der Waals surface area contributed by atoms with E-state index in [-0.39, 0.29) is 17.2 Å². The van der Waals surface area contributed by atoms with Gasteiger partial charge in [0.2, 0.25) is 10.0 Å². The summed E-state index contributed by atoms with van der Waals surface area (Å²) in [5.74, 6) is 0.282. The van der Waals surface area contributed by atoms with Crippen molar-refractivity contribution < 1.29 is 13.2 Å². The molecule has 2 aromatic heterocycles. The molecular weight excluding hydrogens is 378 g/mol. The lowest BCUT2D eigenvalue weighted by atomic mass is 10.1. The predicted molar refractivity (Wildman–Crippen MR) is 104 cm³/mol. The SMILES string of the molecule is COc1ccc(-n2cccn2)cc1S(=O)(=O)NCc1n[nH]c2c1CCCCC2. The minimum absolute atomic E-state index is 0.0737. The Labute approximate surface area is 164 Å². The van der Waals surface area contributed by atoms with Crippen molar-refractivity contribution in [2.45, 2.75) is 43.5 Å². The summed E-state index contributed by atoms with van der Waals surface area (Å²) in [7, 11) is -2.34. The molecule has 8 nitrogen and oxygen atoms in total. The Morgan fingerprint density at radius 1 is 1.25 bits per heavy atom. The van der Waals surface area contributed by atoms with Crippen molar-refractivity contribution in [2.24, 2.45) is 0 Å². The number of nitrogens with one attached hydrogen (secondary N) is 2. The standard InChI is InChI=1S/C19H23N5O3S/c1-27-18-9-8-14(24-11-5-10-20-24)12-19(18)28(25,26)21-13-17-15-6-3-2-4-7-16(15)22-23-17/h5,8-12,21H,2-4,6-7,13H2,1H3,(H,22,23). The third-order valence-electron chi connectivity index (χ3n) is 5.03. The van der Waals surface area contributed by atoms with Crippen LogP contribution >= 0.6 is 0 Å². The van der Waals surface area contributed by atoms with Gasteiger partial charge in [0.15, 0.2) is 0 Å². The number of fused-ring (bicyclic) bond motifs is 1. The molecule has 0 radical (unpaired) electrons. The van der Waals surface area contributed by atoms with Crippen molar-refractivity contribution in [3.8, 4) is 11.4 Å². The Morgan fingerprint density at radius 3 is 2.89 bits per heavy atom. The molecule has 3 aromatic rings. The van der Waals surface area contributed by atoms with E-state index in [0.29, 0.717) is 5.69 Å². The third-order valence-corrected chi connectivity index (χ3v) is 6.45. The fourth-order valence-electron chi connectivity index (χ4n) is 3.55. The van der Waals surface area contributed by atoms with Gasteiger partial charge in [-0.15, -0.1) is 0 Å². The monoisotopic (exact) mass is 401 g/mol. The van der Waals surface area contributed by atoms with Crippen LogP contribution in [0.15, 0.2) is 41.6 Å². The number of sulfonamides is 1. The highest BCUT2D eigenvalue weighted by molar-refractivity contribution is 7.89. The number of benzene rings is 1. The molecule has 1 aromatic carbocycles. The van der Waals surface area contributed by atoms with Crippen LogP contribution in [0.1, 0.15) is 36.2 Å². The fourth-order valence-corrected chi connectivity index (χ4v) is 4.73. The number of hydrogen-bond donors (Lipinski definition) is 2. The molecule has 0 bridgehead atoms. The number of nitrogens with zero attached hydrogens (tertiary/aromatic N) is 3. The molecule has 0 fully saturated rings. The number of hydrogen-bond acceptors (Lipinski definition) is 5. The van der Waals surface area contributed by atoms with Crippen LogP contribution < -0.4 is 9.46 Å². The van der Waals surface area contributed by atoms with Crippen molar-refractivity contribution >= 4 is 10.0 Å². The zero-order valence-corrected chi connectivity index (χ0v) is 16.5. The number of aromatic amines is 1. The van der Waals surface area contributed by atoms with E-state index in [0.717, 1.165) is 42.6 Å². The minimum atomic E-state index is -3.80. The van der Waals surface area contributed by atoms with Crippen LogP contribution in [-0.2, 0) is 29.4 Å². The van der Waals surface area contributed by atoms with E-state index in [2.05, 4.69) is 20.0 Å². The highest BCUT2D eigenvalue weighted by atomic mass is 32.2. The summed E-state index contributed by atoms with van der Waals surface area (Å²) in [6.45, 7) is 0.142. The Hall–Kier alpha value is -2.65. The Kier molecular flexibility index (Phi) is 5.19. The second kappa shape index (κ2) is 7.76. The summed E-state index contributed by atoms with van der Waals surface area (Å²) < 4.78 is 35.6. The summed E-state index contributed by atoms with van der Waals surface area (Å²) in [6.07, 6.45) is 8.72. The quantitative estimate of drug-likeness (QED) is 0.618. The van der Waals surface area contributed by atoms with Gasteiger partial charge in [-0.1, -0.05) is 6.42 Å². The van der Waals surface area contributed by atoms with Crippen molar-refractivity contribution in [3.05, 3.63) is 53.6 Å². The van der Waals surface area contributed by atoms with E-state index >= 15 is 0 Å². The van der Waals surface area contributed by atoms with Crippen LogP contribution in [0, 0.1) is 0 Å². The van der Waals surface area contributed by atoms with E-state index in [1.165, 1.54) is 13.5 Å². The average molecular weight is 401 g/mol. The van der Waals surface area contributed by atoms with E-state index in [1.807, 2.05) is 0 Å². The zero-order valence-electron chi connectivity index (χ0n) is 15.7. The average Bonchev–Trinajstić information content (AvgIpc) is 3.31. The summed E-state index contributed by atoms with van der Waals surface area (Å²) in [5, 5.41) is 11.6. The van der Waals surface area contributed by atoms with Crippen LogP contribution in [0.4, 0.5) is 0 Å². The molecule has 0 spiro atoms. The molecule has 4 rings (SSSR count). The lowest BCUT2D eigenvalue weighted by Gasteiger charge is -2.12. The molecule has 0 unspecified atom stereocenters. The maximum atomic E-state index is 13.0. The van der Waals surface area contributed by atoms with Crippen molar-refractivity contribution in [1.29, 1.82) is 0 Å². The lowest BCUT2D eigenvalue weighted by Crippen LogP contribution is -2.24. The van der Waals surface area contributed by atoms with Gasteiger partial charge in [-0.2, -0.15) is 10.2 Å². The van der Waals surface area contributed by atoms with Crippen LogP contribution in [0.25, 0.3) is 5.69 Å². The molecule has 9 heteroatoms. The molecule has 0 amide bonds. The maximum absolute atomic E-state index is 13.0. The van der Waals surface area contributed by atoms with E-state index in [4.69, 9.17) is 4.74 Å². The first kappa shape index (κ1) is 18.7. The number of aromatic nitrogens is 4. The Morgan fingerprint density at radius 2 is 2.11 bits per heavy atom. The highest BCUT2D eigenvalue weighted by Gasteiger charge is 2.23. The van der Waals surface area contributed by atoms with E-state index in [1.54, 1.807) is 41.3 Å². The topological polar surface area (TPSA) is 102 Å². The van der Waals surface area contributed by atoms with Gasteiger partial charge in [-0.25, -0.2) is 17.8 Å². The molecule has 0 saturated carbocycles. The van der Waals surface area contributed by atoms with Gasteiger partial charge in [0.05, 0.1) is 25.0 Å². The van der Waals surface area contributed by atoms with Gasteiger partial charge < -0.3 is 4.74 Å². The molecule has 0 aliphatic heterocycles. The molecule has 0 atom stereocenters. The van der Waals surface area contributed by atoms with Crippen LogP contribution in [0.3, 0.4) is 0 Å². The first-order valence-corrected chi connectivity index (χ1v) is 10.8. The third kappa shape index (κ3) is 3.67. The minimum Gasteiger partial charge on any atom is -0.495 e. The number of methoxy groups -OCH3 is 1. The Balaban J connectivity index is 1.60. The molecule has 2 N–H and O–H groups in total. The molecule has 28 heavy (non-hydrogen) atoms. The first-order valence-electron chi connectivity index (χ1n) is 9.31. The van der Waals surface area contributed by atoms with Crippen LogP contribution in [0.2, 0.25) is 0 Å². The maximum Gasteiger partial charge on any atom is 0.244 e. The van der Waals surface area contributed by atoms with Crippen molar-refractivity contribution in [3.63, 3.8) is 0 Å². The predicted octanol–water partition coefficient (Wildman–Crippen LogP) is 2.35. The number of ether oxygens (including phenoxy) is 1. The molecule has 0 saturated heterocycles. The summed E-state index contributed by atoms with van der Waals surface area (Å²) in [5.41, 5.74) is 3.69. The summed E-state index contributed by atoms with van der Waals surface area (Å²) in [6, 6.07) is 6.73. The largest absolute Gasteiger partial charge is 0.495 e. The van der Waals surface area contributed by atoms with E-state index < -0.39 is 10.0 Å². The molecule has 148 valence electrons. The molecule has 2 heterocycles. The highest BCUT2D eigenvalue weighted by Crippen LogP contribution is 2.27. The lowest BCUT2D eigenvalue weighted by molar-refractivity contribution is 0.402. The second-order valence-corrected chi connectivity index (χ2v) is 8.53. The number of rotatable bonds is 6. The number of H-pyrrole nitrogens is 1. The smallest absolute Gasteiger partial charge is 0.244 e. The Bertz CT molecular complexity index is 1060. The van der Waals surface area contributed by atoms with Gasteiger partial charge >= 0.3 is 0 Å². The van der Waals surface area contributed by atoms with Crippen LogP contribution in [-0.4, -0.2) is 35.5 Å². The van der Waals surface area contributed by atoms with Gasteiger partial charge in [0.25, 0.3) is 0 Å². The zero-order chi connectivity index (χ0) is 19.6. The second-order valence-electron chi connectivity index (χ2n) is 6.80. The van der Waals surface area contributed by atoms with E-state index in [9.17, 15) is 8.42 Å². The fraction of sp³-hybridized carbons (Fsp3) is 0.368. The van der Waals surface area contributed by atoms with Gasteiger partial charge in [0.1, 0.15) is 10.6 Å². The van der Waals surface area contributed by atoms with Gasteiger partial charge in [0, 0.05) is 18.1 Å². The van der Waals surface area contributed by atoms with Gasteiger partial charge in [-0.3, -0.25) is 5.10 Å². The number of aryl methyl sites for hydroxylation is 1. The first-order chi connectivity index (χ1) is 13.6. The van der Waals surface area contributed by atoms with Gasteiger partial charge in [-0.05, 0) is 55.5 Å². The van der Waals surface area contributed by atoms with Crippen molar-refractivity contribution in [1.82, 2.24) is 24.7 Å². The van der Waals surface area contributed by atoms with Crippen LogP contribution in [0.5, 0.6) is 5.75 Å². The normalized spacial score (nSPS) is 14.5. The molecular formula is C19H23N5O3S. The molecule has 1 aliphatic carbocycles. The summed E-state index contributed by atoms with van der Waals surface area (Å²) in [4.78, 5) is 0.0737. The molecule has 1 aliphatic rings.